The Morgan fingerprint density at radius 2 is 1.81 bits per heavy atom. The number of fused-ring (bicyclic) bond motifs is 1. The van der Waals surface area contributed by atoms with E-state index in [9.17, 15) is 14.7 Å². The van der Waals surface area contributed by atoms with Gasteiger partial charge < -0.3 is 9.67 Å². The number of carboxylic acids is 1. The number of hydrogen-bond acceptors (Lipinski definition) is 4. The van der Waals surface area contributed by atoms with Gasteiger partial charge in [0.25, 0.3) is 5.56 Å². The molecule has 6 nitrogen and oxygen atoms in total. The van der Waals surface area contributed by atoms with Gasteiger partial charge in [-0.05, 0) is 57.2 Å². The minimum absolute atomic E-state index is 0.0299. The molecule has 1 N–H and O–H groups in total. The van der Waals surface area contributed by atoms with E-state index in [0.29, 0.717) is 17.6 Å². The number of para-hydroxylation sites is 2. The summed E-state index contributed by atoms with van der Waals surface area (Å²) in [6.07, 6.45) is 13.3. The summed E-state index contributed by atoms with van der Waals surface area (Å²) in [6, 6.07) is 8.50. The van der Waals surface area contributed by atoms with Crippen molar-refractivity contribution in [3.05, 3.63) is 40.3 Å². The third-order valence-electron chi connectivity index (χ3n) is 7.34. The highest BCUT2D eigenvalue weighted by Crippen LogP contribution is 2.33. The summed E-state index contributed by atoms with van der Waals surface area (Å²) in [5.74, 6) is -1.25. The molecule has 0 radical (unpaired) electrons. The maximum Gasteiger partial charge on any atom is 0.360 e. The lowest BCUT2D eigenvalue weighted by Crippen LogP contribution is -2.41. The van der Waals surface area contributed by atoms with E-state index in [1.54, 1.807) is 10.6 Å². The highest BCUT2D eigenvalue weighted by molar-refractivity contribution is 5.88. The van der Waals surface area contributed by atoms with Crippen molar-refractivity contribution in [1.29, 1.82) is 0 Å². The second-order valence-corrected chi connectivity index (χ2v) is 9.26. The molecule has 1 aliphatic heterocycles. The van der Waals surface area contributed by atoms with Crippen molar-refractivity contribution in [2.75, 3.05) is 6.54 Å². The standard InChI is InChI=1S/C25H35N3O3/c1-2-18(17-20-13-10-16-27(20)19-11-6-4-3-5-7-12-19)28-22-15-9-8-14-21(22)26-23(24(28)29)25(30)31/h8-9,14-15,18-20H,2-7,10-13,16-17H2,1H3,(H,30,31)/t18-,20-/m0/s1. The van der Waals surface area contributed by atoms with E-state index in [1.807, 2.05) is 18.2 Å². The molecular formula is C25H35N3O3. The summed E-state index contributed by atoms with van der Waals surface area (Å²) in [5, 5.41) is 9.57. The van der Waals surface area contributed by atoms with Crippen molar-refractivity contribution in [3.8, 4) is 0 Å². The number of hydrogen-bond donors (Lipinski definition) is 1. The maximum atomic E-state index is 13.2. The van der Waals surface area contributed by atoms with Gasteiger partial charge in [0.05, 0.1) is 11.0 Å². The molecule has 0 bridgehead atoms. The summed E-state index contributed by atoms with van der Waals surface area (Å²) < 4.78 is 1.72. The Hall–Kier alpha value is -2.21. The topological polar surface area (TPSA) is 75.4 Å². The molecule has 31 heavy (non-hydrogen) atoms. The fraction of sp³-hybridized carbons (Fsp3) is 0.640. The van der Waals surface area contributed by atoms with Gasteiger partial charge in [-0.1, -0.05) is 51.2 Å². The van der Waals surface area contributed by atoms with Gasteiger partial charge in [-0.25, -0.2) is 9.78 Å². The lowest BCUT2D eigenvalue weighted by molar-refractivity contribution is 0.0687. The van der Waals surface area contributed by atoms with Gasteiger partial charge in [0.1, 0.15) is 0 Å². The fourth-order valence-electron chi connectivity index (χ4n) is 5.78. The van der Waals surface area contributed by atoms with Crippen molar-refractivity contribution in [2.24, 2.45) is 0 Å². The van der Waals surface area contributed by atoms with Crippen molar-refractivity contribution in [2.45, 2.75) is 95.7 Å². The molecule has 2 aliphatic rings. The first-order valence-corrected chi connectivity index (χ1v) is 12.1. The molecule has 6 heteroatoms. The van der Waals surface area contributed by atoms with Crippen LogP contribution in [-0.4, -0.2) is 44.2 Å². The number of rotatable bonds is 6. The van der Waals surface area contributed by atoms with Crippen LogP contribution in [0.15, 0.2) is 29.1 Å². The molecular weight excluding hydrogens is 390 g/mol. The normalized spacial score (nSPS) is 22.3. The molecule has 0 spiro atoms. The lowest BCUT2D eigenvalue weighted by Gasteiger charge is -2.36. The van der Waals surface area contributed by atoms with Gasteiger partial charge in [-0.3, -0.25) is 9.69 Å². The van der Waals surface area contributed by atoms with Gasteiger partial charge in [0.15, 0.2) is 0 Å². The van der Waals surface area contributed by atoms with Crippen molar-refractivity contribution in [3.63, 3.8) is 0 Å². The average Bonchev–Trinajstić information content (AvgIpc) is 3.19. The van der Waals surface area contributed by atoms with Crippen LogP contribution in [0.1, 0.15) is 94.1 Å². The van der Waals surface area contributed by atoms with Crippen LogP contribution < -0.4 is 5.56 Å². The van der Waals surface area contributed by atoms with Crippen molar-refractivity contribution in [1.82, 2.24) is 14.5 Å². The van der Waals surface area contributed by atoms with Crippen LogP contribution in [0.5, 0.6) is 0 Å². The average molecular weight is 426 g/mol. The molecule has 0 unspecified atom stereocenters. The molecule has 0 amide bonds. The van der Waals surface area contributed by atoms with Crippen LogP contribution in [0.2, 0.25) is 0 Å². The molecule has 1 aromatic carbocycles. The minimum Gasteiger partial charge on any atom is -0.476 e. The van der Waals surface area contributed by atoms with Crippen molar-refractivity contribution < 1.29 is 9.90 Å². The van der Waals surface area contributed by atoms with Crippen LogP contribution in [-0.2, 0) is 0 Å². The molecule has 4 rings (SSSR count). The Morgan fingerprint density at radius 1 is 1.10 bits per heavy atom. The quantitative estimate of drug-likeness (QED) is 0.704. The molecule has 2 atom stereocenters. The predicted molar refractivity (Wildman–Crippen MR) is 123 cm³/mol. The molecule has 168 valence electrons. The minimum atomic E-state index is -1.25. The molecule has 2 aromatic rings. The van der Waals surface area contributed by atoms with E-state index < -0.39 is 11.5 Å². The van der Waals surface area contributed by atoms with Gasteiger partial charge >= 0.3 is 5.97 Å². The lowest BCUT2D eigenvalue weighted by atomic mass is 9.94. The van der Waals surface area contributed by atoms with Crippen LogP contribution in [0.4, 0.5) is 0 Å². The van der Waals surface area contributed by atoms with E-state index >= 15 is 0 Å². The monoisotopic (exact) mass is 425 g/mol. The summed E-state index contributed by atoms with van der Waals surface area (Å²) in [6.45, 7) is 3.25. The Bertz CT molecular complexity index is 962. The van der Waals surface area contributed by atoms with E-state index in [2.05, 4.69) is 16.8 Å². The number of aromatic nitrogens is 2. The number of aromatic carboxylic acids is 1. The Kier molecular flexibility index (Phi) is 7.06. The van der Waals surface area contributed by atoms with Gasteiger partial charge in [-0.15, -0.1) is 0 Å². The molecule has 1 saturated heterocycles. The first kappa shape index (κ1) is 22.0. The van der Waals surface area contributed by atoms with E-state index in [-0.39, 0.29) is 11.7 Å². The maximum absolute atomic E-state index is 13.2. The number of carbonyl (C=O) groups is 1. The number of nitrogens with zero attached hydrogens (tertiary/aromatic N) is 3. The third-order valence-corrected chi connectivity index (χ3v) is 7.34. The molecule has 1 aromatic heterocycles. The van der Waals surface area contributed by atoms with Gasteiger partial charge in [0.2, 0.25) is 5.69 Å². The third kappa shape index (κ3) is 4.69. The number of benzene rings is 1. The predicted octanol–water partition coefficient (Wildman–Crippen LogP) is 5.01. The Balaban J connectivity index is 1.64. The second kappa shape index (κ2) is 9.94. The zero-order chi connectivity index (χ0) is 21.8. The van der Waals surface area contributed by atoms with E-state index in [4.69, 9.17) is 0 Å². The Morgan fingerprint density at radius 3 is 2.52 bits per heavy atom. The fourth-order valence-corrected chi connectivity index (χ4v) is 5.78. The smallest absolute Gasteiger partial charge is 0.360 e. The number of likely N-dealkylation sites (tertiary alicyclic amines) is 1. The van der Waals surface area contributed by atoms with E-state index in [0.717, 1.165) is 31.3 Å². The number of carboxylic acid groups (broad SMARTS) is 1. The summed E-state index contributed by atoms with van der Waals surface area (Å²) in [7, 11) is 0. The first-order chi connectivity index (χ1) is 15.1. The zero-order valence-electron chi connectivity index (χ0n) is 18.6. The molecule has 1 aliphatic carbocycles. The summed E-state index contributed by atoms with van der Waals surface area (Å²) in [5.41, 5.74) is 0.454. The molecule has 2 fully saturated rings. The Labute approximate surface area is 184 Å². The van der Waals surface area contributed by atoms with Crippen LogP contribution >= 0.6 is 0 Å². The van der Waals surface area contributed by atoms with E-state index in [1.165, 1.54) is 51.4 Å². The highest BCUT2D eigenvalue weighted by Gasteiger charge is 2.33. The van der Waals surface area contributed by atoms with Crippen LogP contribution in [0.3, 0.4) is 0 Å². The van der Waals surface area contributed by atoms with Crippen LogP contribution in [0, 0.1) is 0 Å². The second-order valence-electron chi connectivity index (χ2n) is 9.26. The largest absolute Gasteiger partial charge is 0.476 e. The van der Waals surface area contributed by atoms with Crippen LogP contribution in [0.25, 0.3) is 11.0 Å². The SMILES string of the molecule is CC[C@@H](C[C@@H]1CCCN1C1CCCCCCC1)n1c(=O)c(C(=O)O)nc2ccccc21. The van der Waals surface area contributed by atoms with Gasteiger partial charge in [0, 0.05) is 18.1 Å². The molecule has 2 heterocycles. The highest BCUT2D eigenvalue weighted by atomic mass is 16.4. The van der Waals surface area contributed by atoms with Crippen molar-refractivity contribution >= 4 is 17.0 Å². The first-order valence-electron chi connectivity index (χ1n) is 12.1. The zero-order valence-corrected chi connectivity index (χ0v) is 18.6. The molecule has 1 saturated carbocycles. The van der Waals surface area contributed by atoms with Gasteiger partial charge in [-0.2, -0.15) is 0 Å². The summed E-state index contributed by atoms with van der Waals surface area (Å²) >= 11 is 0. The summed E-state index contributed by atoms with van der Waals surface area (Å²) in [4.78, 5) is 31.8.